The van der Waals surface area contributed by atoms with Gasteiger partial charge in [-0.05, 0) is 31.5 Å². The molecule has 0 saturated carbocycles. The highest BCUT2D eigenvalue weighted by Crippen LogP contribution is 2.31. The lowest BCUT2D eigenvalue weighted by Crippen LogP contribution is -2.24. The van der Waals surface area contributed by atoms with Crippen molar-refractivity contribution in [3.8, 4) is 5.75 Å². The molecule has 1 aromatic rings. The highest BCUT2D eigenvalue weighted by Gasteiger charge is 2.17. The van der Waals surface area contributed by atoms with Gasteiger partial charge in [0.2, 0.25) is 0 Å². The summed E-state index contributed by atoms with van der Waals surface area (Å²) in [5.74, 6) is 0.0247. The SMILES string of the molecule is Cc1cc(O)c(C(O)C(C)N)cc1Cl. The van der Waals surface area contributed by atoms with Gasteiger partial charge >= 0.3 is 0 Å². The number of phenolic OH excluding ortho intramolecular Hbond substituents is 1. The van der Waals surface area contributed by atoms with Crippen LogP contribution in [0.2, 0.25) is 5.02 Å². The number of benzene rings is 1. The summed E-state index contributed by atoms with van der Waals surface area (Å²) >= 11 is 5.87. The van der Waals surface area contributed by atoms with Gasteiger partial charge in [-0.15, -0.1) is 0 Å². The topological polar surface area (TPSA) is 66.5 Å². The standard InChI is InChI=1S/C10H14ClNO2/c1-5-3-9(13)7(4-8(5)11)10(14)6(2)12/h3-4,6,10,13-14H,12H2,1-2H3. The van der Waals surface area contributed by atoms with E-state index in [1.807, 2.05) is 0 Å². The Balaban J connectivity index is 3.15. The quantitative estimate of drug-likeness (QED) is 0.704. The van der Waals surface area contributed by atoms with E-state index in [2.05, 4.69) is 0 Å². The van der Waals surface area contributed by atoms with Crippen LogP contribution in [-0.2, 0) is 0 Å². The number of nitrogens with two attached hydrogens (primary N) is 1. The van der Waals surface area contributed by atoms with Crippen molar-refractivity contribution in [2.24, 2.45) is 5.73 Å². The van der Waals surface area contributed by atoms with Crippen LogP contribution >= 0.6 is 11.6 Å². The Morgan fingerprint density at radius 3 is 2.50 bits per heavy atom. The molecule has 0 amide bonds. The fourth-order valence-electron chi connectivity index (χ4n) is 1.20. The van der Waals surface area contributed by atoms with Crippen LogP contribution in [0.3, 0.4) is 0 Å². The average molecular weight is 216 g/mol. The molecule has 0 aliphatic rings. The van der Waals surface area contributed by atoms with E-state index in [0.717, 1.165) is 5.56 Å². The lowest BCUT2D eigenvalue weighted by molar-refractivity contribution is 0.150. The number of hydrogen-bond acceptors (Lipinski definition) is 3. The fourth-order valence-corrected chi connectivity index (χ4v) is 1.37. The van der Waals surface area contributed by atoms with Gasteiger partial charge in [0.1, 0.15) is 5.75 Å². The molecule has 0 spiro atoms. The van der Waals surface area contributed by atoms with Gasteiger partial charge in [0.25, 0.3) is 0 Å². The second-order valence-corrected chi connectivity index (χ2v) is 3.87. The number of hydrogen-bond donors (Lipinski definition) is 3. The van der Waals surface area contributed by atoms with Crippen molar-refractivity contribution in [1.29, 1.82) is 0 Å². The minimum Gasteiger partial charge on any atom is -0.508 e. The van der Waals surface area contributed by atoms with Crippen molar-refractivity contribution in [2.45, 2.75) is 26.0 Å². The van der Waals surface area contributed by atoms with Crippen molar-refractivity contribution in [1.82, 2.24) is 0 Å². The minimum atomic E-state index is -0.895. The van der Waals surface area contributed by atoms with E-state index in [4.69, 9.17) is 17.3 Å². The van der Waals surface area contributed by atoms with Crippen LogP contribution in [0, 0.1) is 6.92 Å². The Kier molecular flexibility index (Phi) is 3.37. The van der Waals surface area contributed by atoms with Crippen LogP contribution in [0.15, 0.2) is 12.1 Å². The summed E-state index contributed by atoms with van der Waals surface area (Å²) in [5, 5.41) is 19.7. The van der Waals surface area contributed by atoms with Crippen molar-refractivity contribution < 1.29 is 10.2 Å². The molecule has 2 atom stereocenters. The first-order valence-electron chi connectivity index (χ1n) is 4.36. The van der Waals surface area contributed by atoms with E-state index in [-0.39, 0.29) is 5.75 Å². The molecular weight excluding hydrogens is 202 g/mol. The van der Waals surface area contributed by atoms with E-state index in [1.54, 1.807) is 19.9 Å². The molecule has 2 unspecified atom stereocenters. The van der Waals surface area contributed by atoms with Gasteiger partial charge in [0.15, 0.2) is 0 Å². The monoisotopic (exact) mass is 215 g/mol. The van der Waals surface area contributed by atoms with Crippen LogP contribution in [0.5, 0.6) is 5.75 Å². The maximum absolute atomic E-state index is 9.65. The molecule has 0 aromatic heterocycles. The molecule has 0 aliphatic carbocycles. The molecule has 14 heavy (non-hydrogen) atoms. The first-order chi connectivity index (χ1) is 6.43. The molecule has 0 heterocycles. The van der Waals surface area contributed by atoms with Crippen LogP contribution in [0.1, 0.15) is 24.2 Å². The van der Waals surface area contributed by atoms with Crippen LogP contribution in [-0.4, -0.2) is 16.3 Å². The van der Waals surface area contributed by atoms with Gasteiger partial charge in [0, 0.05) is 16.6 Å². The van der Waals surface area contributed by atoms with Crippen LogP contribution < -0.4 is 5.73 Å². The molecule has 1 aromatic carbocycles. The molecule has 0 fully saturated rings. The zero-order valence-corrected chi connectivity index (χ0v) is 8.92. The molecular formula is C10H14ClNO2. The number of rotatable bonds is 2. The molecule has 0 radical (unpaired) electrons. The summed E-state index contributed by atoms with van der Waals surface area (Å²) in [6.45, 7) is 3.45. The normalized spacial score (nSPS) is 15.2. The highest BCUT2D eigenvalue weighted by molar-refractivity contribution is 6.31. The predicted octanol–water partition coefficient (Wildman–Crippen LogP) is 1.73. The third kappa shape index (κ3) is 2.18. The summed E-state index contributed by atoms with van der Waals surface area (Å²) in [6, 6.07) is 2.61. The average Bonchev–Trinajstić information content (AvgIpc) is 2.10. The maximum Gasteiger partial charge on any atom is 0.121 e. The highest BCUT2D eigenvalue weighted by atomic mass is 35.5. The molecule has 78 valence electrons. The van der Waals surface area contributed by atoms with Gasteiger partial charge in [0.05, 0.1) is 6.10 Å². The lowest BCUT2D eigenvalue weighted by atomic mass is 10.0. The summed E-state index contributed by atoms with van der Waals surface area (Å²) in [5.41, 5.74) is 6.66. The predicted molar refractivity (Wildman–Crippen MR) is 56.5 cm³/mol. The van der Waals surface area contributed by atoms with E-state index in [9.17, 15) is 10.2 Å². The molecule has 3 nitrogen and oxygen atoms in total. The Morgan fingerprint density at radius 2 is 2.00 bits per heavy atom. The molecule has 4 N–H and O–H groups in total. The maximum atomic E-state index is 9.65. The van der Waals surface area contributed by atoms with E-state index in [1.165, 1.54) is 6.07 Å². The second kappa shape index (κ2) is 4.17. The zero-order chi connectivity index (χ0) is 10.9. The Bertz CT molecular complexity index is 339. The minimum absolute atomic E-state index is 0.0247. The van der Waals surface area contributed by atoms with E-state index < -0.39 is 12.1 Å². The number of aliphatic hydroxyl groups is 1. The summed E-state index contributed by atoms with van der Waals surface area (Å²) < 4.78 is 0. The van der Waals surface area contributed by atoms with Gasteiger partial charge in [-0.2, -0.15) is 0 Å². The van der Waals surface area contributed by atoms with Crippen LogP contribution in [0.4, 0.5) is 0 Å². The largest absolute Gasteiger partial charge is 0.508 e. The van der Waals surface area contributed by atoms with Crippen molar-refractivity contribution in [3.63, 3.8) is 0 Å². The first kappa shape index (κ1) is 11.3. The molecule has 0 bridgehead atoms. The third-order valence-corrected chi connectivity index (χ3v) is 2.53. The summed E-state index contributed by atoms with van der Waals surface area (Å²) in [6.07, 6.45) is -0.895. The summed E-state index contributed by atoms with van der Waals surface area (Å²) in [7, 11) is 0. The van der Waals surface area contributed by atoms with E-state index >= 15 is 0 Å². The van der Waals surface area contributed by atoms with Gasteiger partial charge in [-0.25, -0.2) is 0 Å². The number of aryl methyl sites for hydroxylation is 1. The van der Waals surface area contributed by atoms with E-state index in [0.29, 0.717) is 10.6 Å². The van der Waals surface area contributed by atoms with Crippen molar-refractivity contribution >= 4 is 11.6 Å². The molecule has 1 rings (SSSR count). The molecule has 0 saturated heterocycles. The third-order valence-electron chi connectivity index (χ3n) is 2.12. The zero-order valence-electron chi connectivity index (χ0n) is 8.16. The van der Waals surface area contributed by atoms with Crippen molar-refractivity contribution in [3.05, 3.63) is 28.3 Å². The first-order valence-corrected chi connectivity index (χ1v) is 4.74. The van der Waals surface area contributed by atoms with Crippen molar-refractivity contribution in [2.75, 3.05) is 0 Å². The fraction of sp³-hybridized carbons (Fsp3) is 0.400. The number of aromatic hydroxyl groups is 1. The summed E-state index contributed by atoms with van der Waals surface area (Å²) in [4.78, 5) is 0. The van der Waals surface area contributed by atoms with Gasteiger partial charge in [-0.1, -0.05) is 11.6 Å². The second-order valence-electron chi connectivity index (χ2n) is 3.46. The van der Waals surface area contributed by atoms with Gasteiger partial charge < -0.3 is 15.9 Å². The number of halogens is 1. The Morgan fingerprint density at radius 1 is 1.43 bits per heavy atom. The number of aliphatic hydroxyl groups excluding tert-OH is 1. The van der Waals surface area contributed by atoms with Gasteiger partial charge in [-0.3, -0.25) is 0 Å². The lowest BCUT2D eigenvalue weighted by Gasteiger charge is -2.17. The van der Waals surface area contributed by atoms with Crippen LogP contribution in [0.25, 0.3) is 0 Å². The Labute approximate surface area is 88.1 Å². The Hall–Kier alpha value is -0.770. The molecule has 4 heteroatoms. The smallest absolute Gasteiger partial charge is 0.121 e. The molecule has 0 aliphatic heterocycles. The number of phenols is 1.